The molecule has 2 fully saturated rings. The largest absolute Gasteiger partial charge is 0.393 e. The minimum Gasteiger partial charge on any atom is -0.393 e. The van der Waals surface area contributed by atoms with E-state index in [0.29, 0.717) is 17.7 Å². The number of aryl methyl sites for hydroxylation is 1. The maximum atomic E-state index is 12.8. The number of halogens is 1. The fourth-order valence-corrected chi connectivity index (χ4v) is 7.58. The third-order valence-electron chi connectivity index (χ3n) is 4.04. The summed E-state index contributed by atoms with van der Waals surface area (Å²) in [5, 5.41) is 9.78. The molecule has 1 aromatic heterocycles. The zero-order chi connectivity index (χ0) is 13.8. The molecule has 2 aliphatic rings. The van der Waals surface area contributed by atoms with Gasteiger partial charge in [-0.1, -0.05) is 0 Å². The molecule has 2 bridgehead atoms. The van der Waals surface area contributed by atoms with Crippen molar-refractivity contribution in [2.75, 3.05) is 0 Å². The van der Waals surface area contributed by atoms with Gasteiger partial charge in [-0.25, -0.2) is 8.42 Å². The van der Waals surface area contributed by atoms with Crippen LogP contribution in [-0.2, 0) is 10.0 Å². The number of aliphatic hydroxyl groups is 1. The number of fused-ring (bicyclic) bond motifs is 2. The van der Waals surface area contributed by atoms with Gasteiger partial charge >= 0.3 is 0 Å². The maximum Gasteiger partial charge on any atom is 0.244 e. The normalized spacial score (nSPS) is 31.8. The molecule has 0 amide bonds. The van der Waals surface area contributed by atoms with Gasteiger partial charge in [-0.3, -0.25) is 0 Å². The molecule has 0 saturated carbocycles. The molecular weight excluding hydrogens is 350 g/mol. The molecule has 2 saturated heterocycles. The second-order valence-electron chi connectivity index (χ2n) is 5.32. The number of rotatable bonds is 2. The molecule has 0 aromatic carbocycles. The van der Waals surface area contributed by atoms with Crippen LogP contribution in [-0.4, -0.2) is 36.0 Å². The first kappa shape index (κ1) is 14.0. The lowest BCUT2D eigenvalue weighted by Gasteiger charge is -2.35. The molecule has 1 aromatic rings. The van der Waals surface area contributed by atoms with Crippen molar-refractivity contribution in [3.8, 4) is 0 Å². The van der Waals surface area contributed by atoms with Gasteiger partial charge in [-0.05, 0) is 54.6 Å². The zero-order valence-corrected chi connectivity index (χ0v) is 13.8. The number of hydrogen-bond acceptors (Lipinski definition) is 4. The van der Waals surface area contributed by atoms with Crippen LogP contribution in [0, 0.1) is 6.92 Å². The summed E-state index contributed by atoms with van der Waals surface area (Å²) in [6.45, 7) is 1.84. The molecule has 3 rings (SSSR count). The van der Waals surface area contributed by atoms with E-state index >= 15 is 0 Å². The van der Waals surface area contributed by atoms with E-state index in [1.54, 1.807) is 10.4 Å². The fraction of sp³-hybridized carbons (Fsp3) is 0.667. The minimum absolute atomic E-state index is 0.0307. The topological polar surface area (TPSA) is 57.6 Å². The van der Waals surface area contributed by atoms with Crippen LogP contribution in [0.3, 0.4) is 0 Å². The van der Waals surface area contributed by atoms with Crippen molar-refractivity contribution in [2.24, 2.45) is 0 Å². The van der Waals surface area contributed by atoms with E-state index in [-0.39, 0.29) is 18.2 Å². The minimum atomic E-state index is -3.43. The molecule has 7 heteroatoms. The molecule has 0 aliphatic carbocycles. The first-order valence-electron chi connectivity index (χ1n) is 6.37. The van der Waals surface area contributed by atoms with E-state index in [0.717, 1.165) is 21.5 Å². The number of nitrogens with zero attached hydrogens (tertiary/aromatic N) is 1. The van der Waals surface area contributed by atoms with Crippen molar-refractivity contribution < 1.29 is 13.5 Å². The van der Waals surface area contributed by atoms with Crippen molar-refractivity contribution in [1.82, 2.24) is 4.31 Å². The molecular formula is C12H16BrNO3S2. The third kappa shape index (κ3) is 2.29. The number of hydrogen-bond donors (Lipinski definition) is 1. The van der Waals surface area contributed by atoms with Gasteiger partial charge in [0.25, 0.3) is 0 Å². The van der Waals surface area contributed by atoms with Crippen LogP contribution in [0.4, 0.5) is 0 Å². The van der Waals surface area contributed by atoms with Crippen molar-refractivity contribution >= 4 is 37.3 Å². The quantitative estimate of drug-likeness (QED) is 0.875. The molecule has 2 atom stereocenters. The second-order valence-corrected chi connectivity index (χ2v) is 9.76. The Morgan fingerprint density at radius 2 is 1.95 bits per heavy atom. The third-order valence-corrected chi connectivity index (χ3v) is 7.85. The smallest absolute Gasteiger partial charge is 0.244 e. The summed E-state index contributed by atoms with van der Waals surface area (Å²) in [6.07, 6.45) is 2.52. The van der Waals surface area contributed by atoms with E-state index in [2.05, 4.69) is 15.9 Å². The fourth-order valence-electron chi connectivity index (χ4n) is 3.30. The van der Waals surface area contributed by atoms with E-state index in [4.69, 9.17) is 0 Å². The lowest BCUT2D eigenvalue weighted by Crippen LogP contribution is -2.47. The Morgan fingerprint density at radius 1 is 1.37 bits per heavy atom. The zero-order valence-electron chi connectivity index (χ0n) is 10.5. The number of thiophene rings is 1. The first-order valence-corrected chi connectivity index (χ1v) is 9.42. The molecule has 106 valence electrons. The highest BCUT2D eigenvalue weighted by atomic mass is 79.9. The summed E-state index contributed by atoms with van der Waals surface area (Å²) in [4.78, 5) is 1.23. The Labute approximate surface area is 125 Å². The van der Waals surface area contributed by atoms with Gasteiger partial charge in [0.05, 0.1) is 14.8 Å². The van der Waals surface area contributed by atoms with E-state index in [1.165, 1.54) is 11.3 Å². The van der Waals surface area contributed by atoms with Crippen molar-refractivity contribution in [3.05, 3.63) is 14.7 Å². The molecule has 4 nitrogen and oxygen atoms in total. The molecule has 2 unspecified atom stereocenters. The molecule has 3 heterocycles. The summed E-state index contributed by atoms with van der Waals surface area (Å²) < 4.78 is 28.1. The summed E-state index contributed by atoms with van der Waals surface area (Å²) in [5.41, 5.74) is 0. The van der Waals surface area contributed by atoms with Gasteiger partial charge in [0.1, 0.15) is 0 Å². The van der Waals surface area contributed by atoms with Gasteiger partial charge in [0.15, 0.2) is 0 Å². The maximum absolute atomic E-state index is 12.8. The van der Waals surface area contributed by atoms with Gasteiger partial charge in [0, 0.05) is 17.0 Å². The predicted octanol–water partition coefficient (Wildman–Crippen LogP) is 2.50. The Morgan fingerprint density at radius 3 is 2.42 bits per heavy atom. The van der Waals surface area contributed by atoms with Crippen LogP contribution in [0.25, 0.3) is 0 Å². The Hall–Kier alpha value is 0.0500. The van der Waals surface area contributed by atoms with Crippen LogP contribution >= 0.6 is 27.3 Å². The SMILES string of the molecule is Cc1sc(Br)cc1S(=O)(=O)N1C2CCC1CC(O)C2. The number of aliphatic hydroxyl groups excluding tert-OH is 1. The predicted molar refractivity (Wildman–Crippen MR) is 77.8 cm³/mol. The monoisotopic (exact) mass is 365 g/mol. The molecule has 2 aliphatic heterocycles. The standard InChI is InChI=1S/C12H16BrNO3S2/c1-7-11(6-12(13)18-7)19(16,17)14-8-2-3-9(14)5-10(15)4-8/h6,8-10,15H,2-5H2,1H3. The van der Waals surface area contributed by atoms with Crippen molar-refractivity contribution in [2.45, 2.75) is 55.7 Å². The summed E-state index contributed by atoms with van der Waals surface area (Å²) in [7, 11) is -3.43. The lowest BCUT2D eigenvalue weighted by molar-refractivity contribution is 0.0769. The Bertz CT molecular complexity index is 584. The van der Waals surface area contributed by atoms with Gasteiger partial charge < -0.3 is 5.11 Å². The van der Waals surface area contributed by atoms with Crippen LogP contribution in [0.2, 0.25) is 0 Å². The average molecular weight is 366 g/mol. The Kier molecular flexibility index (Phi) is 3.54. The number of piperidine rings is 1. The highest BCUT2D eigenvalue weighted by Crippen LogP contribution is 2.41. The molecule has 0 spiro atoms. The van der Waals surface area contributed by atoms with E-state index in [9.17, 15) is 13.5 Å². The summed E-state index contributed by atoms with van der Waals surface area (Å²) in [5.74, 6) is 0. The van der Waals surface area contributed by atoms with E-state index < -0.39 is 10.0 Å². The average Bonchev–Trinajstić information content (AvgIpc) is 2.78. The number of sulfonamides is 1. The molecule has 19 heavy (non-hydrogen) atoms. The second kappa shape index (κ2) is 4.80. The van der Waals surface area contributed by atoms with Crippen molar-refractivity contribution in [3.63, 3.8) is 0 Å². The lowest BCUT2D eigenvalue weighted by atomic mass is 10.0. The van der Waals surface area contributed by atoms with Crippen LogP contribution in [0.15, 0.2) is 14.7 Å². The highest BCUT2D eigenvalue weighted by Gasteiger charge is 2.47. The van der Waals surface area contributed by atoms with Crippen LogP contribution in [0.1, 0.15) is 30.6 Å². The summed E-state index contributed by atoms with van der Waals surface area (Å²) in [6, 6.07) is 1.63. The van der Waals surface area contributed by atoms with E-state index in [1.807, 2.05) is 6.92 Å². The van der Waals surface area contributed by atoms with Crippen LogP contribution in [0.5, 0.6) is 0 Å². The highest BCUT2D eigenvalue weighted by molar-refractivity contribution is 9.11. The van der Waals surface area contributed by atoms with Gasteiger partial charge in [0.2, 0.25) is 10.0 Å². The van der Waals surface area contributed by atoms with Crippen molar-refractivity contribution in [1.29, 1.82) is 0 Å². The van der Waals surface area contributed by atoms with Crippen LogP contribution < -0.4 is 0 Å². The van der Waals surface area contributed by atoms with Gasteiger partial charge in [-0.2, -0.15) is 4.31 Å². The van der Waals surface area contributed by atoms with Gasteiger partial charge in [-0.15, -0.1) is 11.3 Å². The molecule has 1 N–H and O–H groups in total. The molecule has 0 radical (unpaired) electrons. The first-order chi connectivity index (χ1) is 8.89. The Balaban J connectivity index is 2.00. The summed E-state index contributed by atoms with van der Waals surface area (Å²) >= 11 is 4.80.